The zero-order valence-electron chi connectivity index (χ0n) is 13.4. The highest BCUT2D eigenvalue weighted by atomic mass is 16.6. The van der Waals surface area contributed by atoms with Crippen LogP contribution in [0.5, 0.6) is 23.0 Å². The van der Waals surface area contributed by atoms with Crippen molar-refractivity contribution in [1.29, 1.82) is 0 Å². The van der Waals surface area contributed by atoms with Gasteiger partial charge in [-0.3, -0.25) is 9.59 Å². The van der Waals surface area contributed by atoms with Crippen molar-refractivity contribution >= 4 is 11.9 Å². The average molecular weight is 310 g/mol. The number of benzene rings is 1. The highest BCUT2D eigenvalue weighted by Crippen LogP contribution is 2.40. The Bertz CT molecular complexity index is 476. The standard InChI is InChI=1S/C16H22O6/c1-5-15(17)21-13-9-12(20-8-4)14(22-16(18)6-2)10-11(13)19-7-3/h9-10H,5-8H2,1-4H3. The van der Waals surface area contributed by atoms with Gasteiger partial charge in [0.2, 0.25) is 0 Å². The van der Waals surface area contributed by atoms with Crippen molar-refractivity contribution in [2.75, 3.05) is 13.2 Å². The van der Waals surface area contributed by atoms with Gasteiger partial charge in [-0.2, -0.15) is 0 Å². The summed E-state index contributed by atoms with van der Waals surface area (Å²) in [7, 11) is 0. The second-order valence-corrected chi connectivity index (χ2v) is 4.27. The first-order valence-corrected chi connectivity index (χ1v) is 7.40. The molecule has 122 valence electrons. The SMILES string of the molecule is CCOc1cc(OC(=O)CC)c(OCC)cc1OC(=O)CC. The van der Waals surface area contributed by atoms with Crippen molar-refractivity contribution in [3.63, 3.8) is 0 Å². The summed E-state index contributed by atoms with van der Waals surface area (Å²) in [6.07, 6.45) is 0.476. The Morgan fingerprint density at radius 2 is 1.09 bits per heavy atom. The largest absolute Gasteiger partial charge is 0.490 e. The molecule has 1 aromatic rings. The normalized spacial score (nSPS) is 10.0. The Morgan fingerprint density at radius 1 is 0.727 bits per heavy atom. The second-order valence-electron chi connectivity index (χ2n) is 4.27. The van der Waals surface area contributed by atoms with Gasteiger partial charge in [0.25, 0.3) is 0 Å². The molecule has 0 N–H and O–H groups in total. The highest BCUT2D eigenvalue weighted by Gasteiger charge is 2.18. The molecule has 0 bridgehead atoms. The summed E-state index contributed by atoms with van der Waals surface area (Å²) in [5.74, 6) is 0.364. The third-order valence-corrected chi connectivity index (χ3v) is 2.63. The lowest BCUT2D eigenvalue weighted by molar-refractivity contribution is -0.135. The van der Waals surface area contributed by atoms with Gasteiger partial charge >= 0.3 is 11.9 Å². The maximum atomic E-state index is 11.5. The molecule has 0 atom stereocenters. The molecule has 0 aliphatic rings. The first-order chi connectivity index (χ1) is 10.5. The molecule has 1 rings (SSSR count). The van der Waals surface area contributed by atoms with Crippen molar-refractivity contribution < 1.29 is 28.5 Å². The van der Waals surface area contributed by atoms with Crippen molar-refractivity contribution in [2.45, 2.75) is 40.5 Å². The molecule has 6 nitrogen and oxygen atoms in total. The van der Waals surface area contributed by atoms with Crippen LogP contribution in [0, 0.1) is 0 Å². The summed E-state index contributed by atoms with van der Waals surface area (Å²) in [5.41, 5.74) is 0. The minimum absolute atomic E-state index is 0.238. The molecule has 0 saturated heterocycles. The molecule has 0 saturated carbocycles. The van der Waals surface area contributed by atoms with E-state index in [0.29, 0.717) is 24.7 Å². The molecule has 0 amide bonds. The van der Waals surface area contributed by atoms with E-state index in [1.165, 1.54) is 12.1 Å². The second kappa shape index (κ2) is 8.92. The predicted octanol–water partition coefficient (Wildman–Crippen LogP) is 3.11. The van der Waals surface area contributed by atoms with Crippen LogP contribution < -0.4 is 18.9 Å². The minimum atomic E-state index is -0.387. The van der Waals surface area contributed by atoms with E-state index in [2.05, 4.69) is 0 Å². The van der Waals surface area contributed by atoms with E-state index in [1.54, 1.807) is 27.7 Å². The fourth-order valence-electron chi connectivity index (χ4n) is 1.61. The molecule has 0 spiro atoms. The number of esters is 2. The first kappa shape index (κ1) is 17.8. The maximum Gasteiger partial charge on any atom is 0.311 e. The van der Waals surface area contributed by atoms with E-state index >= 15 is 0 Å². The quantitative estimate of drug-likeness (QED) is 0.543. The van der Waals surface area contributed by atoms with Gasteiger partial charge in [0.1, 0.15) is 0 Å². The lowest BCUT2D eigenvalue weighted by Gasteiger charge is -2.15. The van der Waals surface area contributed by atoms with E-state index in [4.69, 9.17) is 18.9 Å². The van der Waals surface area contributed by atoms with Crippen LogP contribution in [-0.4, -0.2) is 25.2 Å². The molecule has 0 aromatic heterocycles. The zero-order valence-corrected chi connectivity index (χ0v) is 13.4. The Labute approximate surface area is 130 Å². The number of hydrogen-bond donors (Lipinski definition) is 0. The molecule has 1 aromatic carbocycles. The summed E-state index contributed by atoms with van der Waals surface area (Å²) >= 11 is 0. The minimum Gasteiger partial charge on any atom is -0.490 e. The molecular weight excluding hydrogens is 288 g/mol. The van der Waals surface area contributed by atoms with Crippen LogP contribution in [0.3, 0.4) is 0 Å². The monoisotopic (exact) mass is 310 g/mol. The predicted molar refractivity (Wildman–Crippen MR) is 80.6 cm³/mol. The van der Waals surface area contributed by atoms with E-state index in [0.717, 1.165) is 0 Å². The fourth-order valence-corrected chi connectivity index (χ4v) is 1.61. The highest BCUT2D eigenvalue weighted by molar-refractivity contribution is 5.75. The third-order valence-electron chi connectivity index (χ3n) is 2.63. The van der Waals surface area contributed by atoms with Gasteiger partial charge in [0.15, 0.2) is 23.0 Å². The topological polar surface area (TPSA) is 71.1 Å². The van der Waals surface area contributed by atoms with Gasteiger partial charge < -0.3 is 18.9 Å². The molecule has 0 aliphatic carbocycles. The summed E-state index contributed by atoms with van der Waals surface area (Å²) in [4.78, 5) is 23.0. The summed E-state index contributed by atoms with van der Waals surface area (Å²) in [6.45, 7) is 7.77. The summed E-state index contributed by atoms with van der Waals surface area (Å²) in [5, 5.41) is 0. The van der Waals surface area contributed by atoms with Gasteiger partial charge in [-0.25, -0.2) is 0 Å². The molecule has 0 aliphatic heterocycles. The van der Waals surface area contributed by atoms with E-state index < -0.39 is 0 Å². The lowest BCUT2D eigenvalue weighted by atomic mass is 10.2. The lowest BCUT2D eigenvalue weighted by Crippen LogP contribution is -2.10. The van der Waals surface area contributed by atoms with Gasteiger partial charge in [-0.05, 0) is 13.8 Å². The van der Waals surface area contributed by atoms with E-state index in [9.17, 15) is 9.59 Å². The molecule has 0 unspecified atom stereocenters. The molecule has 6 heteroatoms. The van der Waals surface area contributed by atoms with Crippen LogP contribution >= 0.6 is 0 Å². The number of ether oxygens (including phenoxy) is 4. The van der Waals surface area contributed by atoms with Crippen LogP contribution in [0.4, 0.5) is 0 Å². The summed E-state index contributed by atoms with van der Waals surface area (Å²) < 4.78 is 21.4. The van der Waals surface area contributed by atoms with Crippen LogP contribution in [0.25, 0.3) is 0 Å². The molecule has 0 heterocycles. The molecule has 0 fully saturated rings. The Hall–Kier alpha value is -2.24. The van der Waals surface area contributed by atoms with Crippen LogP contribution in [0.2, 0.25) is 0 Å². The van der Waals surface area contributed by atoms with Crippen molar-refractivity contribution in [3.05, 3.63) is 12.1 Å². The number of rotatable bonds is 8. The van der Waals surface area contributed by atoms with Crippen LogP contribution in [-0.2, 0) is 9.59 Å². The van der Waals surface area contributed by atoms with Gasteiger partial charge in [-0.15, -0.1) is 0 Å². The van der Waals surface area contributed by atoms with Crippen molar-refractivity contribution in [3.8, 4) is 23.0 Å². The van der Waals surface area contributed by atoms with Crippen molar-refractivity contribution in [1.82, 2.24) is 0 Å². The fraction of sp³-hybridized carbons (Fsp3) is 0.500. The van der Waals surface area contributed by atoms with Gasteiger partial charge in [0.05, 0.1) is 13.2 Å². The van der Waals surface area contributed by atoms with E-state index in [-0.39, 0.29) is 36.3 Å². The number of carbonyl (C=O) groups excluding carboxylic acids is 2. The van der Waals surface area contributed by atoms with Crippen LogP contribution in [0.15, 0.2) is 12.1 Å². The summed E-state index contributed by atoms with van der Waals surface area (Å²) in [6, 6.07) is 3.00. The van der Waals surface area contributed by atoms with Gasteiger partial charge in [0, 0.05) is 25.0 Å². The van der Waals surface area contributed by atoms with E-state index in [1.807, 2.05) is 0 Å². The molecule has 0 radical (unpaired) electrons. The molecular formula is C16H22O6. The van der Waals surface area contributed by atoms with Crippen molar-refractivity contribution in [2.24, 2.45) is 0 Å². The Morgan fingerprint density at radius 3 is 1.36 bits per heavy atom. The number of carbonyl (C=O) groups is 2. The maximum absolute atomic E-state index is 11.5. The third kappa shape index (κ3) is 4.95. The Kier molecular flexibility index (Phi) is 7.22. The Balaban J connectivity index is 3.23. The smallest absolute Gasteiger partial charge is 0.311 e. The van der Waals surface area contributed by atoms with Gasteiger partial charge in [-0.1, -0.05) is 13.8 Å². The van der Waals surface area contributed by atoms with Crippen LogP contribution in [0.1, 0.15) is 40.5 Å². The average Bonchev–Trinajstić information content (AvgIpc) is 2.51. The zero-order chi connectivity index (χ0) is 16.5. The number of hydrogen-bond acceptors (Lipinski definition) is 6. The molecule has 22 heavy (non-hydrogen) atoms. The first-order valence-electron chi connectivity index (χ1n) is 7.40.